The lowest BCUT2D eigenvalue weighted by Gasteiger charge is -2.05. The topological polar surface area (TPSA) is 42.1 Å². The van der Waals surface area contributed by atoms with Crippen molar-refractivity contribution in [3.05, 3.63) is 27.0 Å². The van der Waals surface area contributed by atoms with Crippen LogP contribution in [0.15, 0.2) is 10.9 Å². The molecule has 0 atom stereocenters. The van der Waals surface area contributed by atoms with Gasteiger partial charge in [-0.2, -0.15) is 0 Å². The highest BCUT2D eigenvalue weighted by atomic mass is 35.5. The van der Waals surface area contributed by atoms with Crippen molar-refractivity contribution in [1.82, 2.24) is 4.98 Å². The molecule has 0 aliphatic heterocycles. The standard InChI is InChI=1S/C7H6ClF2NO2/c1-13-4-2-3(12)5(8)6(11-4)7(9)10/h2,7H,1H3,(H,11,12). The first-order valence-electron chi connectivity index (χ1n) is 3.31. The average molecular weight is 210 g/mol. The van der Waals surface area contributed by atoms with Gasteiger partial charge in [-0.3, -0.25) is 4.79 Å². The summed E-state index contributed by atoms with van der Waals surface area (Å²) in [7, 11) is 1.26. The first kappa shape index (κ1) is 9.98. The van der Waals surface area contributed by atoms with Crippen molar-refractivity contribution >= 4 is 11.6 Å². The second kappa shape index (κ2) is 3.74. The van der Waals surface area contributed by atoms with Crippen LogP contribution in [-0.4, -0.2) is 12.1 Å². The van der Waals surface area contributed by atoms with Gasteiger partial charge in [-0.05, 0) is 0 Å². The summed E-state index contributed by atoms with van der Waals surface area (Å²) in [5.74, 6) is -0.0373. The van der Waals surface area contributed by atoms with E-state index in [4.69, 9.17) is 11.6 Å². The molecule has 1 heterocycles. The molecule has 1 aromatic heterocycles. The molecule has 6 heteroatoms. The van der Waals surface area contributed by atoms with Crippen molar-refractivity contribution in [2.24, 2.45) is 0 Å². The van der Waals surface area contributed by atoms with Crippen LogP contribution in [0.3, 0.4) is 0 Å². The van der Waals surface area contributed by atoms with Gasteiger partial charge in [0.1, 0.15) is 10.7 Å². The third kappa shape index (κ3) is 1.98. The highest BCUT2D eigenvalue weighted by molar-refractivity contribution is 6.31. The van der Waals surface area contributed by atoms with E-state index in [0.717, 1.165) is 6.07 Å². The Bertz CT molecular complexity index is 364. The molecular weight excluding hydrogens is 204 g/mol. The number of hydrogen-bond donors (Lipinski definition) is 1. The Labute approximate surface area is 77.3 Å². The Kier molecular flexibility index (Phi) is 2.87. The van der Waals surface area contributed by atoms with E-state index < -0.39 is 22.6 Å². The lowest BCUT2D eigenvalue weighted by Crippen LogP contribution is -2.08. The van der Waals surface area contributed by atoms with Crippen molar-refractivity contribution in [2.75, 3.05) is 7.11 Å². The number of aromatic nitrogens is 1. The zero-order chi connectivity index (χ0) is 10.0. The third-order valence-electron chi connectivity index (χ3n) is 1.41. The molecule has 0 spiro atoms. The van der Waals surface area contributed by atoms with E-state index in [1.807, 2.05) is 0 Å². The zero-order valence-corrected chi connectivity index (χ0v) is 7.36. The van der Waals surface area contributed by atoms with Crippen molar-refractivity contribution in [1.29, 1.82) is 0 Å². The van der Waals surface area contributed by atoms with Crippen LogP contribution in [0.25, 0.3) is 0 Å². The summed E-state index contributed by atoms with van der Waals surface area (Å²) in [5, 5.41) is -0.504. The van der Waals surface area contributed by atoms with Gasteiger partial charge in [0, 0.05) is 6.07 Å². The molecule has 0 amide bonds. The monoisotopic (exact) mass is 209 g/mol. The smallest absolute Gasteiger partial charge is 0.279 e. The van der Waals surface area contributed by atoms with Gasteiger partial charge in [-0.15, -0.1) is 0 Å². The van der Waals surface area contributed by atoms with Crippen molar-refractivity contribution < 1.29 is 13.5 Å². The molecule has 0 bridgehead atoms. The Morgan fingerprint density at radius 2 is 2.23 bits per heavy atom. The fraction of sp³-hybridized carbons (Fsp3) is 0.286. The zero-order valence-electron chi connectivity index (χ0n) is 6.61. The molecule has 13 heavy (non-hydrogen) atoms. The SMILES string of the molecule is COc1cc(=O)c(Cl)c(C(F)F)[nH]1. The summed E-state index contributed by atoms with van der Waals surface area (Å²) >= 11 is 5.34. The second-order valence-electron chi connectivity index (χ2n) is 2.23. The average Bonchev–Trinajstić information content (AvgIpc) is 2.09. The summed E-state index contributed by atoms with van der Waals surface area (Å²) in [5.41, 5.74) is -1.31. The Morgan fingerprint density at radius 1 is 1.62 bits per heavy atom. The van der Waals surface area contributed by atoms with Gasteiger partial charge < -0.3 is 9.72 Å². The molecular formula is C7H6ClF2NO2. The van der Waals surface area contributed by atoms with E-state index in [1.165, 1.54) is 7.11 Å². The van der Waals surface area contributed by atoms with Crippen LogP contribution in [0.5, 0.6) is 5.88 Å². The lowest BCUT2D eigenvalue weighted by atomic mass is 10.3. The van der Waals surface area contributed by atoms with Crippen LogP contribution in [0.4, 0.5) is 8.78 Å². The van der Waals surface area contributed by atoms with Crippen molar-refractivity contribution in [2.45, 2.75) is 6.43 Å². The van der Waals surface area contributed by atoms with Gasteiger partial charge in [-0.25, -0.2) is 8.78 Å². The molecule has 1 aromatic rings. The summed E-state index contributed by atoms with van der Waals surface area (Å²) < 4.78 is 29.0. The minimum Gasteiger partial charge on any atom is -0.482 e. The van der Waals surface area contributed by atoms with E-state index in [-0.39, 0.29) is 5.88 Å². The largest absolute Gasteiger partial charge is 0.482 e. The molecule has 0 saturated carbocycles. The van der Waals surface area contributed by atoms with Gasteiger partial charge in [0.05, 0.1) is 7.11 Å². The molecule has 0 saturated heterocycles. The molecule has 0 fully saturated rings. The van der Waals surface area contributed by atoms with Crippen LogP contribution in [0, 0.1) is 0 Å². The fourth-order valence-corrected chi connectivity index (χ4v) is 0.983. The molecule has 0 aromatic carbocycles. The van der Waals surface area contributed by atoms with Crippen LogP contribution in [-0.2, 0) is 0 Å². The highest BCUT2D eigenvalue weighted by Crippen LogP contribution is 2.23. The first-order valence-corrected chi connectivity index (χ1v) is 3.69. The molecule has 0 radical (unpaired) electrons. The number of hydrogen-bond acceptors (Lipinski definition) is 2. The molecule has 1 rings (SSSR count). The predicted molar refractivity (Wildman–Crippen MR) is 43.6 cm³/mol. The van der Waals surface area contributed by atoms with Crippen LogP contribution >= 0.6 is 11.6 Å². The third-order valence-corrected chi connectivity index (χ3v) is 1.80. The fourth-order valence-electron chi connectivity index (χ4n) is 0.799. The Hall–Kier alpha value is -1.10. The van der Waals surface area contributed by atoms with Crippen molar-refractivity contribution in [3.63, 3.8) is 0 Å². The minimum absolute atomic E-state index is 0.0373. The summed E-state index contributed by atoms with van der Waals surface area (Å²) in [6.45, 7) is 0. The first-order chi connectivity index (χ1) is 6.06. The second-order valence-corrected chi connectivity index (χ2v) is 2.61. The van der Waals surface area contributed by atoms with Gasteiger partial charge in [-0.1, -0.05) is 11.6 Å². The van der Waals surface area contributed by atoms with Gasteiger partial charge in [0.25, 0.3) is 6.43 Å². The Balaban J connectivity index is 3.33. The molecule has 0 aliphatic carbocycles. The number of methoxy groups -OCH3 is 1. The molecule has 72 valence electrons. The maximum Gasteiger partial charge on any atom is 0.279 e. The Morgan fingerprint density at radius 3 is 2.69 bits per heavy atom. The van der Waals surface area contributed by atoms with E-state index in [1.54, 1.807) is 0 Å². The summed E-state index contributed by atoms with van der Waals surface area (Å²) in [6.07, 6.45) is -2.82. The van der Waals surface area contributed by atoms with Crippen LogP contribution < -0.4 is 10.2 Å². The number of ether oxygens (including phenoxy) is 1. The number of rotatable bonds is 2. The summed E-state index contributed by atoms with van der Waals surface area (Å²) in [4.78, 5) is 13.2. The molecule has 3 nitrogen and oxygen atoms in total. The minimum atomic E-state index is -2.82. The quantitative estimate of drug-likeness (QED) is 0.809. The van der Waals surface area contributed by atoms with Crippen LogP contribution in [0.2, 0.25) is 5.02 Å². The predicted octanol–water partition coefficient (Wildman–Crippen LogP) is 1.97. The number of aromatic amines is 1. The molecule has 0 unspecified atom stereocenters. The van der Waals surface area contributed by atoms with Crippen molar-refractivity contribution in [3.8, 4) is 5.88 Å². The highest BCUT2D eigenvalue weighted by Gasteiger charge is 2.16. The maximum atomic E-state index is 12.2. The maximum absolute atomic E-state index is 12.2. The number of H-pyrrole nitrogens is 1. The number of nitrogens with one attached hydrogen (secondary N) is 1. The van der Waals surface area contributed by atoms with Gasteiger partial charge >= 0.3 is 0 Å². The van der Waals surface area contributed by atoms with E-state index in [2.05, 4.69) is 9.72 Å². The van der Waals surface area contributed by atoms with Crippen LogP contribution in [0.1, 0.15) is 12.1 Å². The number of halogens is 3. The van der Waals surface area contributed by atoms with Gasteiger partial charge in [0.15, 0.2) is 5.88 Å². The van der Waals surface area contributed by atoms with E-state index in [0.29, 0.717) is 0 Å². The summed E-state index contributed by atoms with van der Waals surface area (Å²) in [6, 6.07) is 1.01. The van der Waals surface area contributed by atoms with E-state index in [9.17, 15) is 13.6 Å². The number of alkyl halides is 2. The lowest BCUT2D eigenvalue weighted by molar-refractivity contribution is 0.145. The molecule has 1 N–H and O–H groups in total. The number of pyridine rings is 1. The van der Waals surface area contributed by atoms with Gasteiger partial charge in [0.2, 0.25) is 5.43 Å². The van der Waals surface area contributed by atoms with E-state index >= 15 is 0 Å². The normalized spacial score (nSPS) is 10.5. The molecule has 0 aliphatic rings.